The molecule has 0 radical (unpaired) electrons. The van der Waals surface area contributed by atoms with E-state index in [-0.39, 0.29) is 11.0 Å². The molecule has 188 valence electrons. The first-order chi connectivity index (χ1) is 17.3. The van der Waals surface area contributed by atoms with E-state index in [1.807, 2.05) is 43.0 Å². The van der Waals surface area contributed by atoms with Crippen molar-refractivity contribution >= 4 is 39.6 Å². The molecule has 0 unspecified atom stereocenters. The molecule has 1 N–H and O–H groups in total. The number of benzene rings is 3. The molecule has 1 fully saturated rings. The van der Waals surface area contributed by atoms with Gasteiger partial charge in [-0.2, -0.15) is 16.9 Å². The number of anilines is 1. The van der Waals surface area contributed by atoms with E-state index in [9.17, 15) is 13.2 Å². The number of rotatable bonds is 10. The summed E-state index contributed by atoms with van der Waals surface area (Å²) < 4.78 is 39.0. The Hall–Kier alpha value is -3.50. The highest BCUT2D eigenvalue weighted by atomic mass is 32.2. The van der Waals surface area contributed by atoms with Crippen LogP contribution in [-0.2, 0) is 14.8 Å². The van der Waals surface area contributed by atoms with Crippen molar-refractivity contribution in [2.24, 2.45) is 5.10 Å². The van der Waals surface area contributed by atoms with Gasteiger partial charge >= 0.3 is 0 Å². The van der Waals surface area contributed by atoms with Gasteiger partial charge < -0.3 is 9.47 Å². The predicted molar refractivity (Wildman–Crippen MR) is 143 cm³/mol. The molecule has 8 nitrogen and oxygen atoms in total. The zero-order chi connectivity index (χ0) is 25.5. The summed E-state index contributed by atoms with van der Waals surface area (Å²) in [5, 5.41) is 4.01. The minimum absolute atomic E-state index is 0.0851. The highest BCUT2D eigenvalue weighted by molar-refractivity contribution is 8.00. The van der Waals surface area contributed by atoms with Gasteiger partial charge in [0.2, 0.25) is 0 Å². The molecule has 1 heterocycles. The van der Waals surface area contributed by atoms with Crippen LogP contribution >= 0.6 is 11.8 Å². The lowest BCUT2D eigenvalue weighted by atomic mass is 10.2. The molecule has 0 bridgehead atoms. The first kappa shape index (κ1) is 25.6. The molecule has 1 aliphatic heterocycles. The largest absolute Gasteiger partial charge is 0.497 e. The van der Waals surface area contributed by atoms with Crippen molar-refractivity contribution in [3.8, 4) is 11.5 Å². The molecule has 3 aromatic rings. The van der Waals surface area contributed by atoms with Gasteiger partial charge in [0.05, 0.1) is 23.9 Å². The molecule has 3 aromatic carbocycles. The summed E-state index contributed by atoms with van der Waals surface area (Å²) >= 11 is 1.84. The fourth-order valence-electron chi connectivity index (χ4n) is 3.39. The second kappa shape index (κ2) is 11.5. The van der Waals surface area contributed by atoms with Gasteiger partial charge in [-0.1, -0.05) is 29.8 Å². The Bertz CT molecular complexity index is 1320. The Balaban J connectivity index is 1.49. The van der Waals surface area contributed by atoms with Gasteiger partial charge in [0.25, 0.3) is 15.9 Å². The number of aryl methyl sites for hydroxylation is 1. The number of methoxy groups -OCH3 is 1. The van der Waals surface area contributed by atoms with Crippen molar-refractivity contribution in [2.75, 3.05) is 29.5 Å². The van der Waals surface area contributed by atoms with Crippen LogP contribution in [0, 0.1) is 6.92 Å². The zero-order valence-electron chi connectivity index (χ0n) is 20.0. The molecule has 0 aliphatic carbocycles. The highest BCUT2D eigenvalue weighted by Crippen LogP contribution is 2.26. The van der Waals surface area contributed by atoms with Gasteiger partial charge in [0.1, 0.15) is 24.1 Å². The Labute approximate surface area is 215 Å². The predicted octanol–water partition coefficient (Wildman–Crippen LogP) is 3.84. The van der Waals surface area contributed by atoms with Crippen molar-refractivity contribution in [3.05, 3.63) is 83.9 Å². The standard InChI is InChI=1S/C26H27N3O5S2/c1-19-6-12-25(13-7-19)36(31,32)29(21-8-10-22(33-2)11-9-21)16-26(30)28-27-15-20-4-3-5-23(14-20)34-24-17-35-18-24/h3-15,24H,16-18H2,1-2H3,(H,28,30)/b27-15-. The SMILES string of the molecule is COc1ccc(N(CC(=O)N/N=C\c2cccc(OC3CSC3)c2)S(=O)(=O)c2ccc(C)cc2)cc1. The van der Waals surface area contributed by atoms with Gasteiger partial charge in [0, 0.05) is 11.5 Å². The monoisotopic (exact) mass is 525 g/mol. The lowest BCUT2D eigenvalue weighted by molar-refractivity contribution is -0.119. The number of carbonyl (C=O) groups excluding carboxylic acids is 1. The van der Waals surface area contributed by atoms with Crippen LogP contribution in [0.4, 0.5) is 5.69 Å². The van der Waals surface area contributed by atoms with Crippen molar-refractivity contribution < 1.29 is 22.7 Å². The summed E-state index contributed by atoms with van der Waals surface area (Å²) in [5.74, 6) is 2.68. The van der Waals surface area contributed by atoms with Gasteiger partial charge in [0.15, 0.2) is 0 Å². The summed E-state index contributed by atoms with van der Waals surface area (Å²) in [5.41, 5.74) is 4.43. The topological polar surface area (TPSA) is 97.3 Å². The number of amides is 1. The molecule has 1 amide bonds. The average molecular weight is 526 g/mol. The third kappa shape index (κ3) is 6.38. The van der Waals surface area contributed by atoms with Crippen molar-refractivity contribution in [1.82, 2.24) is 5.43 Å². The number of carbonyl (C=O) groups is 1. The number of nitrogens with zero attached hydrogens (tertiary/aromatic N) is 2. The van der Waals surface area contributed by atoms with Crippen LogP contribution < -0.4 is 19.2 Å². The number of hydrazone groups is 1. The molecule has 4 rings (SSSR count). The van der Waals surface area contributed by atoms with Gasteiger partial charge in [-0.3, -0.25) is 9.10 Å². The van der Waals surface area contributed by atoms with Crippen LogP contribution in [0.5, 0.6) is 11.5 Å². The maximum Gasteiger partial charge on any atom is 0.264 e. The molecule has 1 aliphatic rings. The minimum Gasteiger partial charge on any atom is -0.497 e. The maximum absolute atomic E-state index is 13.4. The Kier molecular flexibility index (Phi) is 8.17. The second-order valence-electron chi connectivity index (χ2n) is 8.17. The molecular formula is C26H27N3O5S2. The fraction of sp³-hybridized carbons (Fsp3) is 0.231. The third-order valence-corrected chi connectivity index (χ3v) is 8.43. The molecule has 36 heavy (non-hydrogen) atoms. The number of hydrogen-bond acceptors (Lipinski definition) is 7. The van der Waals surface area contributed by atoms with Crippen molar-refractivity contribution in [3.63, 3.8) is 0 Å². The van der Waals surface area contributed by atoms with Crippen LogP contribution in [-0.4, -0.2) is 51.8 Å². The summed E-state index contributed by atoms with van der Waals surface area (Å²) in [4.78, 5) is 12.8. The van der Waals surface area contributed by atoms with Crippen LogP contribution in [0.15, 0.2) is 82.8 Å². The van der Waals surface area contributed by atoms with E-state index in [0.717, 1.165) is 32.7 Å². The summed E-state index contributed by atoms with van der Waals surface area (Å²) in [6.45, 7) is 1.42. The van der Waals surface area contributed by atoms with E-state index in [1.165, 1.54) is 25.5 Å². The number of sulfonamides is 1. The Morgan fingerprint density at radius 3 is 2.44 bits per heavy atom. The zero-order valence-corrected chi connectivity index (χ0v) is 21.6. The highest BCUT2D eigenvalue weighted by Gasteiger charge is 2.27. The molecule has 0 aromatic heterocycles. The minimum atomic E-state index is -4.02. The average Bonchev–Trinajstić information content (AvgIpc) is 2.85. The number of ether oxygens (including phenoxy) is 2. The first-order valence-electron chi connectivity index (χ1n) is 11.2. The van der Waals surface area contributed by atoms with E-state index in [2.05, 4.69) is 10.5 Å². The Morgan fingerprint density at radius 1 is 1.08 bits per heavy atom. The second-order valence-corrected chi connectivity index (χ2v) is 11.1. The summed E-state index contributed by atoms with van der Waals surface area (Å²) in [6, 6.07) is 20.3. The van der Waals surface area contributed by atoms with Gasteiger partial charge in [-0.15, -0.1) is 0 Å². The van der Waals surface area contributed by atoms with Gasteiger partial charge in [-0.05, 0) is 61.0 Å². The molecule has 1 saturated heterocycles. The van der Waals surface area contributed by atoms with Gasteiger partial charge in [-0.25, -0.2) is 13.8 Å². The van der Waals surface area contributed by atoms with Crippen LogP contribution in [0.3, 0.4) is 0 Å². The molecule has 0 spiro atoms. The summed E-state index contributed by atoms with van der Waals surface area (Å²) in [7, 11) is -2.49. The van der Waals surface area contributed by atoms with E-state index in [0.29, 0.717) is 11.4 Å². The van der Waals surface area contributed by atoms with E-state index in [1.54, 1.807) is 36.4 Å². The quantitative estimate of drug-likeness (QED) is 0.319. The van der Waals surface area contributed by atoms with Crippen LogP contribution in [0.1, 0.15) is 11.1 Å². The number of nitrogens with one attached hydrogen (secondary N) is 1. The number of thioether (sulfide) groups is 1. The van der Waals surface area contributed by atoms with E-state index >= 15 is 0 Å². The fourth-order valence-corrected chi connectivity index (χ4v) is 5.37. The molecule has 10 heteroatoms. The lowest BCUT2D eigenvalue weighted by Crippen LogP contribution is -2.39. The van der Waals surface area contributed by atoms with Crippen molar-refractivity contribution in [1.29, 1.82) is 0 Å². The molecule has 0 atom stereocenters. The maximum atomic E-state index is 13.4. The van der Waals surface area contributed by atoms with Crippen LogP contribution in [0.25, 0.3) is 0 Å². The molecular weight excluding hydrogens is 498 g/mol. The van der Waals surface area contributed by atoms with E-state index < -0.39 is 22.5 Å². The first-order valence-corrected chi connectivity index (χ1v) is 13.8. The van der Waals surface area contributed by atoms with E-state index in [4.69, 9.17) is 9.47 Å². The van der Waals surface area contributed by atoms with Crippen molar-refractivity contribution in [2.45, 2.75) is 17.9 Å². The Morgan fingerprint density at radius 2 is 1.81 bits per heavy atom. The lowest BCUT2D eigenvalue weighted by Gasteiger charge is -2.25. The smallest absolute Gasteiger partial charge is 0.264 e. The third-order valence-electron chi connectivity index (χ3n) is 5.43. The number of hydrogen-bond donors (Lipinski definition) is 1. The molecule has 0 saturated carbocycles. The van der Waals surface area contributed by atoms with Crippen LogP contribution in [0.2, 0.25) is 0 Å². The normalized spacial score (nSPS) is 13.7. The summed E-state index contributed by atoms with van der Waals surface area (Å²) in [6.07, 6.45) is 1.72.